The molecule has 0 radical (unpaired) electrons. The van der Waals surface area contributed by atoms with Crippen LogP contribution in [-0.4, -0.2) is 27.5 Å². The Kier molecular flexibility index (Phi) is 7.27. The summed E-state index contributed by atoms with van der Waals surface area (Å²) in [5.74, 6) is -0.234. The van der Waals surface area contributed by atoms with E-state index in [1.54, 1.807) is 37.3 Å². The Hall–Kier alpha value is -3.53. The Labute approximate surface area is 189 Å². The van der Waals surface area contributed by atoms with Crippen molar-refractivity contribution in [3.8, 4) is 5.75 Å². The second-order valence-corrected chi connectivity index (χ2v) is 8.74. The summed E-state index contributed by atoms with van der Waals surface area (Å²) in [5, 5.41) is 2.56. The first-order valence-corrected chi connectivity index (χ1v) is 11.3. The molecule has 3 rings (SSSR count). The third-order valence-electron chi connectivity index (χ3n) is 4.51. The number of hydrogen-bond donors (Lipinski definition) is 1. The van der Waals surface area contributed by atoms with Gasteiger partial charge in [0.15, 0.2) is 0 Å². The average molecular weight is 478 g/mol. The summed E-state index contributed by atoms with van der Waals surface area (Å²) in [6.45, 7) is 1.47. The van der Waals surface area contributed by atoms with Crippen LogP contribution in [0.5, 0.6) is 5.75 Å². The van der Waals surface area contributed by atoms with E-state index in [-0.39, 0.29) is 10.6 Å². The minimum atomic E-state index is -4.68. The smallest absolute Gasteiger partial charge is 0.416 e. The van der Waals surface area contributed by atoms with E-state index in [0.29, 0.717) is 28.4 Å². The standard InChI is InChI=1S/C23H21F3N2O4S/c1-2-32-20-11-7-9-18(15-20)27-22(29)16-28(33(30,31)21-12-4-3-5-13-21)19-10-6-8-17(14-19)23(24,25)26/h3-15H,2,16H2,1H3,(H,27,29). The van der Waals surface area contributed by atoms with Gasteiger partial charge in [-0.3, -0.25) is 9.10 Å². The molecule has 0 saturated heterocycles. The van der Waals surface area contributed by atoms with Gasteiger partial charge in [0.1, 0.15) is 12.3 Å². The zero-order valence-corrected chi connectivity index (χ0v) is 18.4. The number of carbonyl (C=O) groups excluding carboxylic acids is 1. The van der Waals surface area contributed by atoms with E-state index < -0.39 is 34.2 Å². The number of carbonyl (C=O) groups is 1. The molecule has 1 N–H and O–H groups in total. The van der Waals surface area contributed by atoms with E-state index >= 15 is 0 Å². The lowest BCUT2D eigenvalue weighted by molar-refractivity contribution is -0.137. The summed E-state index contributed by atoms with van der Waals surface area (Å²) < 4.78 is 72.3. The molecule has 0 fully saturated rings. The van der Waals surface area contributed by atoms with Gasteiger partial charge in [0, 0.05) is 11.8 Å². The molecule has 174 valence electrons. The summed E-state index contributed by atoms with van der Waals surface area (Å²) >= 11 is 0. The SMILES string of the molecule is CCOc1cccc(NC(=O)CN(c2cccc(C(F)(F)F)c2)S(=O)(=O)c2ccccc2)c1. The first-order chi connectivity index (χ1) is 15.6. The third kappa shape index (κ3) is 6.04. The van der Waals surface area contributed by atoms with Gasteiger partial charge in [-0.2, -0.15) is 13.2 Å². The van der Waals surface area contributed by atoms with Crippen LogP contribution in [0.4, 0.5) is 24.5 Å². The van der Waals surface area contributed by atoms with E-state index in [4.69, 9.17) is 4.74 Å². The molecule has 0 heterocycles. The highest BCUT2D eigenvalue weighted by Gasteiger charge is 2.33. The Morgan fingerprint density at radius 2 is 1.67 bits per heavy atom. The lowest BCUT2D eigenvalue weighted by atomic mass is 10.2. The molecule has 1 amide bonds. The molecule has 0 spiro atoms. The molecular formula is C23H21F3N2O4S. The van der Waals surface area contributed by atoms with Crippen molar-refractivity contribution in [2.75, 3.05) is 22.8 Å². The fourth-order valence-corrected chi connectivity index (χ4v) is 4.47. The average Bonchev–Trinajstić information content (AvgIpc) is 2.78. The number of rotatable bonds is 8. The van der Waals surface area contributed by atoms with Crippen molar-refractivity contribution in [1.82, 2.24) is 0 Å². The van der Waals surface area contributed by atoms with E-state index in [1.807, 2.05) is 0 Å². The Morgan fingerprint density at radius 3 is 2.33 bits per heavy atom. The maximum atomic E-state index is 13.3. The second kappa shape index (κ2) is 9.95. The van der Waals surface area contributed by atoms with E-state index in [2.05, 4.69) is 5.32 Å². The van der Waals surface area contributed by atoms with Gasteiger partial charge >= 0.3 is 6.18 Å². The maximum Gasteiger partial charge on any atom is 0.416 e. The zero-order chi connectivity index (χ0) is 24.1. The fourth-order valence-electron chi connectivity index (χ4n) is 3.03. The summed E-state index contributed by atoms with van der Waals surface area (Å²) in [6.07, 6.45) is -4.68. The highest BCUT2D eigenvalue weighted by Crippen LogP contribution is 2.33. The number of alkyl halides is 3. The quantitative estimate of drug-likeness (QED) is 0.498. The van der Waals surface area contributed by atoms with Crippen molar-refractivity contribution in [2.45, 2.75) is 18.0 Å². The molecule has 0 aliphatic rings. The van der Waals surface area contributed by atoms with E-state index in [9.17, 15) is 26.4 Å². The molecule has 0 unspecified atom stereocenters. The summed E-state index contributed by atoms with van der Waals surface area (Å²) in [6, 6.07) is 17.5. The molecule has 0 aliphatic heterocycles. The molecule has 33 heavy (non-hydrogen) atoms. The van der Waals surface area contributed by atoms with Crippen LogP contribution in [0.2, 0.25) is 0 Å². The maximum absolute atomic E-state index is 13.3. The number of hydrogen-bond acceptors (Lipinski definition) is 4. The number of amides is 1. The second-order valence-electron chi connectivity index (χ2n) is 6.88. The first-order valence-electron chi connectivity index (χ1n) is 9.89. The van der Waals surface area contributed by atoms with Crippen LogP contribution in [0, 0.1) is 0 Å². The van der Waals surface area contributed by atoms with E-state index in [0.717, 1.165) is 12.1 Å². The topological polar surface area (TPSA) is 75.7 Å². The van der Waals surface area contributed by atoms with Crippen LogP contribution in [-0.2, 0) is 21.0 Å². The minimum Gasteiger partial charge on any atom is -0.494 e. The zero-order valence-electron chi connectivity index (χ0n) is 17.5. The van der Waals surface area contributed by atoms with Crippen molar-refractivity contribution in [3.05, 3.63) is 84.4 Å². The highest BCUT2D eigenvalue weighted by atomic mass is 32.2. The highest BCUT2D eigenvalue weighted by molar-refractivity contribution is 7.92. The van der Waals surface area contributed by atoms with Crippen LogP contribution in [0.1, 0.15) is 12.5 Å². The van der Waals surface area contributed by atoms with Gasteiger partial charge in [0.25, 0.3) is 10.0 Å². The number of sulfonamides is 1. The monoisotopic (exact) mass is 478 g/mol. The van der Waals surface area contributed by atoms with Crippen LogP contribution < -0.4 is 14.4 Å². The van der Waals surface area contributed by atoms with Crippen molar-refractivity contribution < 1.29 is 31.1 Å². The third-order valence-corrected chi connectivity index (χ3v) is 6.30. The van der Waals surface area contributed by atoms with Crippen LogP contribution in [0.15, 0.2) is 83.8 Å². The van der Waals surface area contributed by atoms with Gasteiger partial charge in [-0.05, 0) is 49.4 Å². The number of ether oxygens (including phenoxy) is 1. The summed E-state index contributed by atoms with van der Waals surface area (Å²) in [4.78, 5) is 12.6. The van der Waals surface area contributed by atoms with Crippen molar-refractivity contribution in [1.29, 1.82) is 0 Å². The Balaban J connectivity index is 1.96. The van der Waals surface area contributed by atoms with Gasteiger partial charge < -0.3 is 10.1 Å². The largest absolute Gasteiger partial charge is 0.494 e. The van der Waals surface area contributed by atoms with E-state index in [1.165, 1.54) is 30.3 Å². The summed E-state index contributed by atoms with van der Waals surface area (Å²) in [5.41, 5.74) is -0.961. The number of benzene rings is 3. The lowest BCUT2D eigenvalue weighted by Crippen LogP contribution is -2.38. The molecule has 10 heteroatoms. The molecule has 0 aliphatic carbocycles. The van der Waals surface area contributed by atoms with Crippen LogP contribution >= 0.6 is 0 Å². The predicted octanol–water partition coefficient (Wildman–Crippen LogP) is 4.94. The Morgan fingerprint density at radius 1 is 0.970 bits per heavy atom. The van der Waals surface area contributed by atoms with Gasteiger partial charge in [-0.15, -0.1) is 0 Å². The minimum absolute atomic E-state index is 0.159. The molecule has 3 aromatic rings. The van der Waals surface area contributed by atoms with Gasteiger partial charge in [-0.25, -0.2) is 8.42 Å². The lowest BCUT2D eigenvalue weighted by Gasteiger charge is -2.25. The molecular weight excluding hydrogens is 457 g/mol. The molecule has 6 nitrogen and oxygen atoms in total. The number of nitrogens with one attached hydrogen (secondary N) is 1. The summed E-state index contributed by atoms with van der Waals surface area (Å²) in [7, 11) is -4.34. The van der Waals surface area contributed by atoms with Crippen LogP contribution in [0.3, 0.4) is 0 Å². The van der Waals surface area contributed by atoms with Crippen molar-refractivity contribution >= 4 is 27.3 Å². The molecule has 0 atom stereocenters. The van der Waals surface area contributed by atoms with Crippen molar-refractivity contribution in [2.24, 2.45) is 0 Å². The molecule has 0 bridgehead atoms. The fraction of sp³-hybridized carbons (Fsp3) is 0.174. The molecule has 3 aromatic carbocycles. The first kappa shape index (κ1) is 24.1. The molecule has 0 saturated carbocycles. The number of nitrogens with zero attached hydrogens (tertiary/aromatic N) is 1. The predicted molar refractivity (Wildman–Crippen MR) is 119 cm³/mol. The van der Waals surface area contributed by atoms with Gasteiger partial charge in [0.05, 0.1) is 22.8 Å². The number of anilines is 2. The van der Waals surface area contributed by atoms with Crippen LogP contribution in [0.25, 0.3) is 0 Å². The van der Waals surface area contributed by atoms with Gasteiger partial charge in [0.2, 0.25) is 5.91 Å². The number of halogens is 3. The molecule has 0 aromatic heterocycles. The Bertz CT molecular complexity index is 1220. The van der Waals surface area contributed by atoms with Gasteiger partial charge in [-0.1, -0.05) is 30.3 Å². The van der Waals surface area contributed by atoms with Crippen molar-refractivity contribution in [3.63, 3.8) is 0 Å². The normalized spacial score (nSPS) is 11.6.